The lowest BCUT2D eigenvalue weighted by molar-refractivity contribution is 0.0695. The normalized spacial score (nSPS) is 22.2. The lowest BCUT2D eigenvalue weighted by Crippen LogP contribution is -2.53. The summed E-state index contributed by atoms with van der Waals surface area (Å²) >= 11 is 0. The highest BCUT2D eigenvalue weighted by atomic mass is 19.1. The van der Waals surface area contributed by atoms with Crippen LogP contribution in [0, 0.1) is 11.2 Å². The number of nitrogens with two attached hydrogens (primary N) is 1. The summed E-state index contributed by atoms with van der Waals surface area (Å²) in [6.45, 7) is 5.23. The summed E-state index contributed by atoms with van der Waals surface area (Å²) in [6, 6.07) is 1.26. The number of aromatic carboxylic acids is 1. The van der Waals surface area contributed by atoms with Crippen molar-refractivity contribution in [3.05, 3.63) is 33.9 Å². The Morgan fingerprint density at radius 1 is 1.37 bits per heavy atom. The molecule has 8 heteroatoms. The van der Waals surface area contributed by atoms with E-state index in [9.17, 15) is 19.1 Å². The van der Waals surface area contributed by atoms with E-state index in [0.29, 0.717) is 18.7 Å². The maximum atomic E-state index is 14.9. The van der Waals surface area contributed by atoms with Gasteiger partial charge in [0.2, 0.25) is 5.43 Å². The molecule has 1 aliphatic heterocycles. The molecule has 0 bridgehead atoms. The predicted octanol–water partition coefficient (Wildman–Crippen LogP) is 2.13. The first-order chi connectivity index (χ1) is 12.7. The Bertz CT molecular complexity index is 997. The molecule has 0 radical (unpaired) electrons. The molecule has 1 saturated heterocycles. The standard InChI is InChI=1S/C19H23FN4O3/c1-19(2)9-23(6-5-14(19)21)17-13(20)7-11-15(25)12(18(26)27)8-24(10-3-4-10)16(11)22-17/h7-8,10,14H,3-6,9,21H2,1-2H3,(H,26,27). The van der Waals surface area contributed by atoms with Crippen LogP contribution in [0.2, 0.25) is 0 Å². The van der Waals surface area contributed by atoms with Crippen LogP contribution < -0.4 is 16.1 Å². The van der Waals surface area contributed by atoms with Crippen molar-refractivity contribution in [1.29, 1.82) is 0 Å². The van der Waals surface area contributed by atoms with Crippen molar-refractivity contribution in [1.82, 2.24) is 9.55 Å². The van der Waals surface area contributed by atoms with E-state index in [1.54, 1.807) is 4.57 Å². The van der Waals surface area contributed by atoms with Gasteiger partial charge in [0.25, 0.3) is 0 Å². The van der Waals surface area contributed by atoms with E-state index in [4.69, 9.17) is 5.73 Å². The highest BCUT2D eigenvalue weighted by Gasteiger charge is 2.35. The Morgan fingerprint density at radius 3 is 2.67 bits per heavy atom. The van der Waals surface area contributed by atoms with Gasteiger partial charge in [-0.25, -0.2) is 14.2 Å². The van der Waals surface area contributed by atoms with E-state index in [0.717, 1.165) is 25.3 Å². The van der Waals surface area contributed by atoms with Crippen molar-refractivity contribution in [3.8, 4) is 0 Å². The molecule has 1 unspecified atom stereocenters. The van der Waals surface area contributed by atoms with Gasteiger partial charge in [0, 0.05) is 31.4 Å². The summed E-state index contributed by atoms with van der Waals surface area (Å²) in [4.78, 5) is 30.3. The summed E-state index contributed by atoms with van der Waals surface area (Å²) in [5.74, 6) is -1.73. The van der Waals surface area contributed by atoms with Gasteiger partial charge >= 0.3 is 5.97 Å². The van der Waals surface area contributed by atoms with Crippen molar-refractivity contribution in [2.24, 2.45) is 11.1 Å². The van der Waals surface area contributed by atoms with Crippen LogP contribution in [0.1, 0.15) is 49.5 Å². The van der Waals surface area contributed by atoms with Gasteiger partial charge in [-0.3, -0.25) is 4.79 Å². The van der Waals surface area contributed by atoms with Gasteiger partial charge in [-0.2, -0.15) is 0 Å². The molecular formula is C19H23FN4O3. The Labute approximate surface area is 155 Å². The van der Waals surface area contributed by atoms with Gasteiger partial charge in [0.1, 0.15) is 11.2 Å². The first kappa shape index (κ1) is 17.9. The third kappa shape index (κ3) is 2.97. The summed E-state index contributed by atoms with van der Waals surface area (Å²) in [5.41, 5.74) is 5.28. The fourth-order valence-electron chi connectivity index (χ4n) is 3.80. The SMILES string of the molecule is CC1(C)CN(c2nc3c(cc2F)c(=O)c(C(=O)O)cn3C2CC2)CCC1N. The van der Waals surface area contributed by atoms with Crippen LogP contribution in [-0.2, 0) is 0 Å². The van der Waals surface area contributed by atoms with Crippen molar-refractivity contribution < 1.29 is 14.3 Å². The van der Waals surface area contributed by atoms with E-state index in [1.807, 2.05) is 18.7 Å². The Kier molecular flexibility index (Phi) is 3.99. The van der Waals surface area contributed by atoms with Gasteiger partial charge < -0.3 is 20.3 Å². The highest BCUT2D eigenvalue weighted by molar-refractivity contribution is 5.92. The van der Waals surface area contributed by atoms with Crippen LogP contribution in [0.3, 0.4) is 0 Å². The number of fused-ring (bicyclic) bond motifs is 1. The van der Waals surface area contributed by atoms with Crippen LogP contribution in [-0.4, -0.2) is 39.8 Å². The zero-order valence-corrected chi connectivity index (χ0v) is 15.4. The number of hydrogen-bond acceptors (Lipinski definition) is 5. The number of anilines is 1. The molecule has 27 heavy (non-hydrogen) atoms. The van der Waals surface area contributed by atoms with E-state index in [-0.39, 0.29) is 34.3 Å². The van der Waals surface area contributed by atoms with Crippen molar-refractivity contribution >= 4 is 22.8 Å². The number of carbonyl (C=O) groups is 1. The number of hydrogen-bond donors (Lipinski definition) is 2. The average molecular weight is 374 g/mol. The largest absolute Gasteiger partial charge is 0.477 e. The van der Waals surface area contributed by atoms with E-state index in [2.05, 4.69) is 4.98 Å². The molecule has 2 fully saturated rings. The lowest BCUT2D eigenvalue weighted by Gasteiger charge is -2.43. The van der Waals surface area contributed by atoms with Gasteiger partial charge in [-0.15, -0.1) is 0 Å². The number of rotatable bonds is 3. The van der Waals surface area contributed by atoms with Crippen LogP contribution in [0.5, 0.6) is 0 Å². The first-order valence-electron chi connectivity index (χ1n) is 9.18. The van der Waals surface area contributed by atoms with E-state index in [1.165, 1.54) is 6.20 Å². The lowest BCUT2D eigenvalue weighted by atomic mass is 9.80. The maximum Gasteiger partial charge on any atom is 0.341 e. The molecule has 3 N–H and O–H groups in total. The molecule has 2 aliphatic rings. The first-order valence-corrected chi connectivity index (χ1v) is 9.18. The van der Waals surface area contributed by atoms with Gasteiger partial charge in [-0.1, -0.05) is 13.8 Å². The van der Waals surface area contributed by atoms with Crippen molar-refractivity contribution in [3.63, 3.8) is 0 Å². The summed E-state index contributed by atoms with van der Waals surface area (Å²) in [7, 11) is 0. The second-order valence-corrected chi connectivity index (χ2v) is 8.29. The Hall–Kier alpha value is -2.48. The molecule has 4 rings (SSSR count). The number of halogens is 1. The zero-order valence-electron chi connectivity index (χ0n) is 15.4. The molecule has 144 valence electrons. The number of piperidine rings is 1. The van der Waals surface area contributed by atoms with Crippen LogP contribution in [0.25, 0.3) is 11.0 Å². The molecule has 1 aliphatic carbocycles. The molecule has 0 aromatic carbocycles. The number of pyridine rings is 2. The highest BCUT2D eigenvalue weighted by Crippen LogP contribution is 2.38. The predicted molar refractivity (Wildman–Crippen MR) is 99.8 cm³/mol. The topological polar surface area (TPSA) is 101 Å². The van der Waals surface area contributed by atoms with Crippen molar-refractivity contribution in [2.45, 2.75) is 45.2 Å². The van der Waals surface area contributed by atoms with Crippen LogP contribution >= 0.6 is 0 Å². The average Bonchev–Trinajstić information content (AvgIpc) is 3.42. The quantitative estimate of drug-likeness (QED) is 0.853. The molecule has 1 saturated carbocycles. The summed E-state index contributed by atoms with van der Waals surface area (Å²) in [5, 5.41) is 9.32. The second-order valence-electron chi connectivity index (χ2n) is 8.29. The summed E-state index contributed by atoms with van der Waals surface area (Å²) < 4.78 is 16.6. The fraction of sp³-hybridized carbons (Fsp3) is 0.526. The third-order valence-corrected chi connectivity index (χ3v) is 5.72. The molecule has 3 heterocycles. The molecule has 1 atom stereocenters. The van der Waals surface area contributed by atoms with Crippen LogP contribution in [0.4, 0.5) is 10.2 Å². The number of nitrogens with zero attached hydrogens (tertiary/aromatic N) is 3. The number of carboxylic acids is 1. The minimum Gasteiger partial charge on any atom is -0.477 e. The smallest absolute Gasteiger partial charge is 0.341 e. The Balaban J connectivity index is 1.88. The van der Waals surface area contributed by atoms with Gasteiger partial charge in [0.15, 0.2) is 11.6 Å². The van der Waals surface area contributed by atoms with Gasteiger partial charge in [0.05, 0.1) is 5.39 Å². The Morgan fingerprint density at radius 2 is 2.07 bits per heavy atom. The second kappa shape index (κ2) is 6.02. The minimum absolute atomic E-state index is 0.0102. The van der Waals surface area contributed by atoms with Crippen molar-refractivity contribution in [2.75, 3.05) is 18.0 Å². The molecule has 0 spiro atoms. The minimum atomic E-state index is -1.31. The number of carboxylic acid groups (broad SMARTS) is 1. The molecule has 2 aromatic heterocycles. The summed E-state index contributed by atoms with van der Waals surface area (Å²) in [6.07, 6.45) is 3.84. The van der Waals surface area contributed by atoms with E-state index >= 15 is 0 Å². The zero-order chi connectivity index (χ0) is 19.5. The maximum absolute atomic E-state index is 14.9. The number of aromatic nitrogens is 2. The fourth-order valence-corrected chi connectivity index (χ4v) is 3.80. The molecule has 2 aromatic rings. The van der Waals surface area contributed by atoms with Gasteiger partial charge in [-0.05, 0) is 30.7 Å². The molecular weight excluding hydrogens is 351 g/mol. The van der Waals surface area contributed by atoms with E-state index < -0.39 is 17.2 Å². The molecule has 0 amide bonds. The third-order valence-electron chi connectivity index (χ3n) is 5.72. The molecule has 7 nitrogen and oxygen atoms in total. The monoisotopic (exact) mass is 374 g/mol. The van der Waals surface area contributed by atoms with Crippen LogP contribution in [0.15, 0.2) is 17.1 Å².